The molecule has 1 aromatic rings. The Morgan fingerprint density at radius 3 is 2.88 bits per heavy atom. The van der Waals surface area contributed by atoms with Crippen LogP contribution in [0.5, 0.6) is 0 Å². The highest BCUT2D eigenvalue weighted by atomic mass is 35.5. The summed E-state index contributed by atoms with van der Waals surface area (Å²) >= 11 is 5.78. The molecular formula is C11H16ClN3O. The van der Waals surface area contributed by atoms with Crippen molar-refractivity contribution in [2.45, 2.75) is 32.4 Å². The zero-order chi connectivity index (χ0) is 11.8. The Morgan fingerprint density at radius 1 is 1.56 bits per heavy atom. The van der Waals surface area contributed by atoms with Gasteiger partial charge < -0.3 is 10.1 Å². The van der Waals surface area contributed by atoms with E-state index in [1.807, 2.05) is 0 Å². The third-order valence-corrected chi connectivity index (χ3v) is 3.61. The SMILES string of the molecule is COC1CC(Nc2cnnc(Cl)c2)C1(C)C. The van der Waals surface area contributed by atoms with E-state index < -0.39 is 0 Å². The fourth-order valence-corrected chi connectivity index (χ4v) is 2.31. The molecule has 0 amide bonds. The monoisotopic (exact) mass is 241 g/mol. The Hall–Kier alpha value is -0.870. The fourth-order valence-electron chi connectivity index (χ4n) is 2.15. The number of nitrogens with one attached hydrogen (secondary N) is 1. The third-order valence-electron chi connectivity index (χ3n) is 3.43. The number of hydrogen-bond donors (Lipinski definition) is 1. The number of halogens is 1. The van der Waals surface area contributed by atoms with Crippen molar-refractivity contribution in [1.29, 1.82) is 0 Å². The summed E-state index contributed by atoms with van der Waals surface area (Å²) in [5.41, 5.74) is 1.04. The van der Waals surface area contributed by atoms with Crippen molar-refractivity contribution in [3.63, 3.8) is 0 Å². The number of rotatable bonds is 3. The number of hydrogen-bond acceptors (Lipinski definition) is 4. The predicted molar refractivity (Wildman–Crippen MR) is 63.6 cm³/mol. The van der Waals surface area contributed by atoms with Crippen LogP contribution in [-0.2, 0) is 4.74 Å². The predicted octanol–water partition coefficient (Wildman–Crippen LogP) is 2.36. The second-order valence-electron chi connectivity index (χ2n) is 4.75. The molecule has 1 saturated carbocycles. The van der Waals surface area contributed by atoms with Crippen LogP contribution in [-0.4, -0.2) is 29.5 Å². The average molecular weight is 242 g/mol. The lowest BCUT2D eigenvalue weighted by atomic mass is 9.64. The molecule has 1 N–H and O–H groups in total. The molecule has 5 heteroatoms. The largest absolute Gasteiger partial charge is 0.381 e. The number of aromatic nitrogens is 2. The zero-order valence-corrected chi connectivity index (χ0v) is 10.5. The number of anilines is 1. The van der Waals surface area contributed by atoms with E-state index in [2.05, 4.69) is 29.4 Å². The van der Waals surface area contributed by atoms with Gasteiger partial charge in [-0.2, -0.15) is 5.10 Å². The van der Waals surface area contributed by atoms with Gasteiger partial charge in [-0.05, 0) is 6.42 Å². The van der Waals surface area contributed by atoms with Crippen LogP contribution in [0.1, 0.15) is 20.3 Å². The molecule has 4 nitrogen and oxygen atoms in total. The summed E-state index contributed by atoms with van der Waals surface area (Å²) < 4.78 is 5.40. The summed E-state index contributed by atoms with van der Waals surface area (Å²) in [6, 6.07) is 2.17. The van der Waals surface area contributed by atoms with Crippen molar-refractivity contribution in [3.05, 3.63) is 17.4 Å². The summed E-state index contributed by atoms with van der Waals surface area (Å²) in [5.74, 6) is 0. The van der Waals surface area contributed by atoms with E-state index >= 15 is 0 Å². The van der Waals surface area contributed by atoms with E-state index in [0.717, 1.165) is 12.1 Å². The maximum Gasteiger partial charge on any atom is 0.153 e. The van der Waals surface area contributed by atoms with E-state index in [9.17, 15) is 0 Å². The normalized spacial score (nSPS) is 27.2. The fraction of sp³-hybridized carbons (Fsp3) is 0.636. The van der Waals surface area contributed by atoms with Gasteiger partial charge in [0.05, 0.1) is 18.0 Å². The molecule has 0 radical (unpaired) electrons. The first-order valence-corrected chi connectivity index (χ1v) is 5.69. The number of ether oxygens (including phenoxy) is 1. The van der Waals surface area contributed by atoms with Crippen LogP contribution < -0.4 is 5.32 Å². The zero-order valence-electron chi connectivity index (χ0n) is 9.70. The molecule has 1 aliphatic rings. The van der Waals surface area contributed by atoms with E-state index in [0.29, 0.717) is 17.3 Å². The highest BCUT2D eigenvalue weighted by molar-refractivity contribution is 6.29. The van der Waals surface area contributed by atoms with Crippen LogP contribution in [0, 0.1) is 5.41 Å². The van der Waals surface area contributed by atoms with E-state index in [1.165, 1.54) is 0 Å². The second kappa shape index (κ2) is 4.18. The maximum absolute atomic E-state index is 5.78. The molecule has 2 atom stereocenters. The van der Waals surface area contributed by atoms with Crippen LogP contribution in [0.4, 0.5) is 5.69 Å². The Bertz CT molecular complexity index is 383. The molecule has 1 aromatic heterocycles. The van der Waals surface area contributed by atoms with Gasteiger partial charge in [-0.15, -0.1) is 5.10 Å². The van der Waals surface area contributed by atoms with Crippen molar-refractivity contribution in [3.8, 4) is 0 Å². The highest BCUT2D eigenvalue weighted by Gasteiger charge is 2.48. The van der Waals surface area contributed by atoms with E-state index in [1.54, 1.807) is 19.4 Å². The van der Waals surface area contributed by atoms with Crippen LogP contribution in [0.15, 0.2) is 12.3 Å². The minimum absolute atomic E-state index is 0.129. The van der Waals surface area contributed by atoms with Gasteiger partial charge >= 0.3 is 0 Å². The van der Waals surface area contributed by atoms with Crippen molar-refractivity contribution >= 4 is 17.3 Å². The second-order valence-corrected chi connectivity index (χ2v) is 5.13. The molecule has 0 aromatic carbocycles. The molecule has 88 valence electrons. The smallest absolute Gasteiger partial charge is 0.153 e. The van der Waals surface area contributed by atoms with Crippen molar-refractivity contribution in [1.82, 2.24) is 10.2 Å². The molecule has 16 heavy (non-hydrogen) atoms. The molecule has 0 spiro atoms. The summed E-state index contributed by atoms with van der Waals surface area (Å²) in [4.78, 5) is 0. The maximum atomic E-state index is 5.78. The molecule has 1 aliphatic carbocycles. The Balaban J connectivity index is 2.02. The van der Waals surface area contributed by atoms with Gasteiger partial charge in [-0.1, -0.05) is 25.4 Å². The van der Waals surface area contributed by atoms with E-state index in [4.69, 9.17) is 16.3 Å². The standard InChI is InChI=1S/C11H16ClN3O/c1-11(2)8(5-9(11)16-3)14-7-4-10(12)15-13-6-7/h4,6,8-9H,5H2,1-3H3,(H,14,15). The summed E-state index contributed by atoms with van der Waals surface area (Å²) in [7, 11) is 1.76. The van der Waals surface area contributed by atoms with Crippen molar-refractivity contribution < 1.29 is 4.74 Å². The minimum Gasteiger partial charge on any atom is -0.381 e. The third kappa shape index (κ3) is 1.99. The summed E-state index contributed by atoms with van der Waals surface area (Å²) in [6.45, 7) is 4.39. The molecule has 1 heterocycles. The molecular weight excluding hydrogens is 226 g/mol. The molecule has 0 bridgehead atoms. The van der Waals surface area contributed by atoms with Crippen molar-refractivity contribution in [2.75, 3.05) is 12.4 Å². The molecule has 2 rings (SSSR count). The van der Waals surface area contributed by atoms with Gasteiger partial charge in [0, 0.05) is 24.6 Å². The highest BCUT2D eigenvalue weighted by Crippen LogP contribution is 2.43. The van der Waals surface area contributed by atoms with Gasteiger partial charge in [0.25, 0.3) is 0 Å². The first-order chi connectivity index (χ1) is 7.54. The number of methoxy groups -OCH3 is 1. The van der Waals surface area contributed by atoms with Gasteiger partial charge in [-0.3, -0.25) is 0 Å². The molecule has 2 unspecified atom stereocenters. The lowest BCUT2D eigenvalue weighted by Crippen LogP contribution is -2.57. The van der Waals surface area contributed by atoms with Crippen LogP contribution in [0.25, 0.3) is 0 Å². The molecule has 1 fully saturated rings. The van der Waals surface area contributed by atoms with Crippen LogP contribution in [0.2, 0.25) is 5.15 Å². The quantitative estimate of drug-likeness (QED) is 0.883. The van der Waals surface area contributed by atoms with E-state index in [-0.39, 0.29) is 5.41 Å². The Labute approximate surface area is 100 Å². The first-order valence-electron chi connectivity index (χ1n) is 5.31. The van der Waals surface area contributed by atoms with Gasteiger partial charge in [0.1, 0.15) is 0 Å². The lowest BCUT2D eigenvalue weighted by Gasteiger charge is -2.51. The summed E-state index contributed by atoms with van der Waals surface area (Å²) in [5, 5.41) is 11.3. The summed E-state index contributed by atoms with van der Waals surface area (Å²) in [6.07, 6.45) is 3.00. The minimum atomic E-state index is 0.129. The van der Waals surface area contributed by atoms with Gasteiger partial charge in [0.2, 0.25) is 0 Å². The molecule has 0 aliphatic heterocycles. The lowest BCUT2D eigenvalue weighted by molar-refractivity contribution is -0.0794. The Morgan fingerprint density at radius 2 is 2.31 bits per heavy atom. The van der Waals surface area contributed by atoms with Crippen LogP contribution in [0.3, 0.4) is 0 Å². The van der Waals surface area contributed by atoms with Gasteiger partial charge in [-0.25, -0.2) is 0 Å². The molecule has 0 saturated heterocycles. The average Bonchev–Trinajstić information content (AvgIpc) is 2.23. The number of nitrogens with zero attached hydrogens (tertiary/aromatic N) is 2. The van der Waals surface area contributed by atoms with Crippen molar-refractivity contribution in [2.24, 2.45) is 5.41 Å². The first kappa shape index (κ1) is 11.6. The van der Waals surface area contributed by atoms with Gasteiger partial charge in [0.15, 0.2) is 5.15 Å². The van der Waals surface area contributed by atoms with Crippen LogP contribution >= 0.6 is 11.6 Å². The topological polar surface area (TPSA) is 47.0 Å². The Kier molecular flexibility index (Phi) is 3.04.